The molecule has 2 aliphatic rings. The van der Waals surface area contributed by atoms with E-state index in [1.165, 1.54) is 64.7 Å². The molecule has 1 unspecified atom stereocenters. The third kappa shape index (κ3) is 4.24. The summed E-state index contributed by atoms with van der Waals surface area (Å²) in [7, 11) is 0. The summed E-state index contributed by atoms with van der Waals surface area (Å²) >= 11 is 1.88. The number of hydrogen-bond acceptors (Lipinski definition) is 3. The maximum absolute atomic E-state index is 5.26. The van der Waals surface area contributed by atoms with Gasteiger partial charge in [-0.15, -0.1) is 11.3 Å². The lowest BCUT2D eigenvalue weighted by molar-refractivity contribution is 0.767. The highest BCUT2D eigenvalue weighted by Gasteiger charge is 2.48. The SMILES string of the molecule is C1=Cc2ccc(-c3cc(-c4ccccc4)nc(-c4ccccc4)n3)cc2C2(c3ccccc31)c1ccccc1-c1cc3sc4ccccc4c3cc12. The second-order valence-electron chi connectivity index (χ2n) is 13.7. The van der Waals surface area contributed by atoms with Gasteiger partial charge in [-0.1, -0.05) is 152 Å². The molecule has 11 rings (SSSR count). The molecule has 242 valence electrons. The molecule has 1 atom stereocenters. The molecular weight excluding hydrogens is 649 g/mol. The van der Waals surface area contributed by atoms with Crippen LogP contribution in [0.2, 0.25) is 0 Å². The van der Waals surface area contributed by atoms with Gasteiger partial charge >= 0.3 is 0 Å². The first-order chi connectivity index (χ1) is 25.8. The molecule has 0 aliphatic heterocycles. The first-order valence-corrected chi connectivity index (χ1v) is 18.6. The fourth-order valence-corrected chi connectivity index (χ4v) is 9.76. The summed E-state index contributed by atoms with van der Waals surface area (Å²) in [6.45, 7) is 0. The van der Waals surface area contributed by atoms with E-state index in [0.717, 1.165) is 33.9 Å². The summed E-state index contributed by atoms with van der Waals surface area (Å²) in [5, 5.41) is 2.63. The second-order valence-corrected chi connectivity index (χ2v) is 14.8. The van der Waals surface area contributed by atoms with E-state index in [2.05, 4.69) is 158 Å². The van der Waals surface area contributed by atoms with Crippen molar-refractivity contribution < 1.29 is 0 Å². The van der Waals surface area contributed by atoms with Crippen molar-refractivity contribution in [1.29, 1.82) is 0 Å². The van der Waals surface area contributed by atoms with Crippen molar-refractivity contribution in [2.75, 3.05) is 0 Å². The van der Waals surface area contributed by atoms with Crippen LogP contribution in [0.4, 0.5) is 0 Å². The number of rotatable bonds is 3. The Labute approximate surface area is 306 Å². The van der Waals surface area contributed by atoms with E-state index in [4.69, 9.17) is 9.97 Å². The van der Waals surface area contributed by atoms with E-state index in [0.29, 0.717) is 0 Å². The van der Waals surface area contributed by atoms with Gasteiger partial charge in [-0.2, -0.15) is 0 Å². The van der Waals surface area contributed by atoms with Crippen molar-refractivity contribution in [3.63, 3.8) is 0 Å². The minimum absolute atomic E-state index is 0.549. The zero-order valence-corrected chi connectivity index (χ0v) is 28.9. The molecule has 0 radical (unpaired) electrons. The fourth-order valence-electron chi connectivity index (χ4n) is 8.64. The molecule has 52 heavy (non-hydrogen) atoms. The third-order valence-electron chi connectivity index (χ3n) is 10.9. The van der Waals surface area contributed by atoms with Crippen LogP contribution in [0.5, 0.6) is 0 Å². The van der Waals surface area contributed by atoms with E-state index in [9.17, 15) is 0 Å². The molecular formula is C49H30N2S. The molecule has 2 aromatic heterocycles. The van der Waals surface area contributed by atoms with Gasteiger partial charge in [0.25, 0.3) is 0 Å². The topological polar surface area (TPSA) is 25.8 Å². The number of benzene rings is 7. The Bertz CT molecular complexity index is 2850. The maximum Gasteiger partial charge on any atom is 0.160 e. The summed E-state index contributed by atoms with van der Waals surface area (Å²) in [6.07, 6.45) is 4.60. The molecule has 0 bridgehead atoms. The van der Waals surface area contributed by atoms with Gasteiger partial charge in [-0.25, -0.2) is 9.97 Å². The molecule has 2 heterocycles. The Hall–Kier alpha value is -6.42. The summed E-state index contributed by atoms with van der Waals surface area (Å²) in [4.78, 5) is 10.3. The maximum atomic E-state index is 5.26. The number of fused-ring (bicyclic) bond motifs is 12. The average molecular weight is 679 g/mol. The highest BCUT2D eigenvalue weighted by atomic mass is 32.1. The van der Waals surface area contributed by atoms with Crippen LogP contribution in [-0.2, 0) is 5.41 Å². The van der Waals surface area contributed by atoms with Crippen molar-refractivity contribution in [3.8, 4) is 45.0 Å². The van der Waals surface area contributed by atoms with Crippen LogP contribution in [0.3, 0.4) is 0 Å². The highest BCUT2D eigenvalue weighted by Crippen LogP contribution is 2.60. The van der Waals surface area contributed by atoms with Gasteiger partial charge in [-0.05, 0) is 74.8 Å². The van der Waals surface area contributed by atoms with Crippen LogP contribution >= 0.6 is 11.3 Å². The number of nitrogens with zero attached hydrogens (tertiary/aromatic N) is 2. The first kappa shape index (κ1) is 29.3. The van der Waals surface area contributed by atoms with Crippen LogP contribution < -0.4 is 0 Å². The predicted octanol–water partition coefficient (Wildman–Crippen LogP) is 12.7. The molecule has 0 saturated heterocycles. The van der Waals surface area contributed by atoms with Crippen molar-refractivity contribution in [1.82, 2.24) is 9.97 Å². The Kier molecular flexibility index (Phi) is 6.37. The van der Waals surface area contributed by atoms with Crippen LogP contribution in [0.15, 0.2) is 170 Å². The first-order valence-electron chi connectivity index (χ1n) is 17.7. The van der Waals surface area contributed by atoms with Gasteiger partial charge in [-0.3, -0.25) is 0 Å². The fraction of sp³-hybridized carbons (Fsp3) is 0.0204. The van der Waals surface area contributed by atoms with Crippen molar-refractivity contribution >= 4 is 43.7 Å². The largest absolute Gasteiger partial charge is 0.228 e. The molecule has 2 nitrogen and oxygen atoms in total. The van der Waals surface area contributed by atoms with Crippen LogP contribution in [0.1, 0.15) is 33.4 Å². The van der Waals surface area contributed by atoms with Gasteiger partial charge < -0.3 is 0 Å². The normalized spacial score (nSPS) is 15.3. The van der Waals surface area contributed by atoms with E-state index in [-0.39, 0.29) is 0 Å². The monoisotopic (exact) mass is 678 g/mol. The smallest absolute Gasteiger partial charge is 0.160 e. The summed E-state index contributed by atoms with van der Waals surface area (Å²) < 4.78 is 2.64. The van der Waals surface area contributed by atoms with Crippen molar-refractivity contribution in [2.45, 2.75) is 5.41 Å². The minimum Gasteiger partial charge on any atom is -0.228 e. The Balaban J connectivity index is 1.23. The number of hydrogen-bond donors (Lipinski definition) is 0. The van der Waals surface area contributed by atoms with Crippen LogP contribution in [-0.4, -0.2) is 9.97 Å². The van der Waals surface area contributed by atoms with Gasteiger partial charge in [0.15, 0.2) is 5.82 Å². The molecule has 9 aromatic rings. The number of aromatic nitrogens is 2. The van der Waals surface area contributed by atoms with Crippen molar-refractivity contribution in [3.05, 3.63) is 203 Å². The summed E-state index contributed by atoms with van der Waals surface area (Å²) in [5.41, 5.74) is 14.6. The van der Waals surface area contributed by atoms with Crippen LogP contribution in [0, 0.1) is 0 Å². The van der Waals surface area contributed by atoms with Gasteiger partial charge in [0.2, 0.25) is 0 Å². The molecule has 0 N–H and O–H groups in total. The van der Waals surface area contributed by atoms with E-state index in [1.54, 1.807) is 0 Å². The summed E-state index contributed by atoms with van der Waals surface area (Å²) in [6, 6.07) is 61.6. The van der Waals surface area contributed by atoms with Crippen molar-refractivity contribution in [2.24, 2.45) is 0 Å². The lowest BCUT2D eigenvalue weighted by Crippen LogP contribution is -2.30. The lowest BCUT2D eigenvalue weighted by Gasteiger charge is -2.35. The third-order valence-corrected chi connectivity index (χ3v) is 12.1. The molecule has 0 saturated carbocycles. The van der Waals surface area contributed by atoms with Gasteiger partial charge in [0.05, 0.1) is 16.8 Å². The van der Waals surface area contributed by atoms with E-state index in [1.807, 2.05) is 35.6 Å². The Morgan fingerprint density at radius 2 is 1.04 bits per heavy atom. The quantitative estimate of drug-likeness (QED) is 0.186. The summed E-state index contributed by atoms with van der Waals surface area (Å²) in [5.74, 6) is 0.718. The van der Waals surface area contributed by atoms with E-state index < -0.39 is 5.41 Å². The average Bonchev–Trinajstić information content (AvgIpc) is 3.67. The van der Waals surface area contributed by atoms with E-state index >= 15 is 0 Å². The highest BCUT2D eigenvalue weighted by molar-refractivity contribution is 7.25. The standard InChI is InChI=1S/C49H30N2S/c1-3-14-33(15-4-1)44-30-45(51-48(50-44)34-16-5-2-6-17-34)35-26-25-32-24-23-31-13-7-10-20-40(31)49(42(32)27-35)41-21-11-8-18-36(41)38-29-47-39(28-43(38)49)37-19-9-12-22-46(37)52-47/h1-30H. The zero-order valence-electron chi connectivity index (χ0n) is 28.1. The van der Waals surface area contributed by atoms with Gasteiger partial charge in [0, 0.05) is 36.9 Å². The zero-order chi connectivity index (χ0) is 34.2. The van der Waals surface area contributed by atoms with Crippen LogP contribution in [0.25, 0.3) is 77.4 Å². The molecule has 0 fully saturated rings. The predicted molar refractivity (Wildman–Crippen MR) is 217 cm³/mol. The Morgan fingerprint density at radius 3 is 1.87 bits per heavy atom. The lowest BCUT2D eigenvalue weighted by atomic mass is 9.65. The van der Waals surface area contributed by atoms with Gasteiger partial charge in [0.1, 0.15) is 0 Å². The Morgan fingerprint density at radius 1 is 0.385 bits per heavy atom. The molecule has 2 aliphatic carbocycles. The minimum atomic E-state index is -0.549. The number of thiophene rings is 1. The molecule has 7 aromatic carbocycles. The molecule has 0 amide bonds. The molecule has 3 heteroatoms. The molecule has 1 spiro atoms. The second kappa shape index (κ2) is 11.3.